The van der Waals surface area contributed by atoms with Crippen LogP contribution in [-0.2, 0) is 0 Å². The number of methoxy groups -OCH3 is 1. The number of halogens is 1. The Morgan fingerprint density at radius 1 is 1.07 bits per heavy atom. The quantitative estimate of drug-likeness (QED) is 0.180. The van der Waals surface area contributed by atoms with Crippen molar-refractivity contribution in [2.24, 2.45) is 4.99 Å². The largest absolute Gasteiger partial charge is 0.497 e. The molecule has 1 unspecified atom stereocenters. The highest BCUT2D eigenvalue weighted by atomic mass is 127. The molecule has 1 aromatic carbocycles. The number of benzene rings is 1. The Labute approximate surface area is 189 Å². The highest BCUT2D eigenvalue weighted by molar-refractivity contribution is 14.0. The molecular weight excluding hydrogens is 463 g/mol. The Balaban J connectivity index is 0.00000729. The fourth-order valence-electron chi connectivity index (χ4n) is 3.03. The van der Waals surface area contributed by atoms with Gasteiger partial charge in [0, 0.05) is 19.6 Å². The van der Waals surface area contributed by atoms with Crippen molar-refractivity contribution in [3.05, 3.63) is 29.8 Å². The van der Waals surface area contributed by atoms with E-state index in [0.29, 0.717) is 5.92 Å². The number of hydrogen-bond acceptors (Lipinski definition) is 3. The topological polar surface area (TPSA) is 48.9 Å². The zero-order chi connectivity index (χ0) is 19.9. The van der Waals surface area contributed by atoms with Gasteiger partial charge >= 0.3 is 0 Å². The van der Waals surface area contributed by atoms with Crippen molar-refractivity contribution >= 4 is 29.9 Å². The van der Waals surface area contributed by atoms with Crippen LogP contribution >= 0.6 is 24.0 Å². The SMILES string of the molecule is CCNC(=NCCCCN(CC)CC)NCCC(C)c1ccc(OC)cc1.I. The second kappa shape index (κ2) is 16.9. The van der Waals surface area contributed by atoms with Crippen LogP contribution in [0.4, 0.5) is 0 Å². The summed E-state index contributed by atoms with van der Waals surface area (Å²) in [5, 5.41) is 6.81. The van der Waals surface area contributed by atoms with Crippen molar-refractivity contribution in [1.82, 2.24) is 15.5 Å². The molecule has 0 fully saturated rings. The van der Waals surface area contributed by atoms with Gasteiger partial charge < -0.3 is 20.3 Å². The van der Waals surface area contributed by atoms with Crippen molar-refractivity contribution in [2.75, 3.05) is 46.4 Å². The maximum Gasteiger partial charge on any atom is 0.191 e. The van der Waals surface area contributed by atoms with E-state index in [4.69, 9.17) is 9.73 Å². The summed E-state index contributed by atoms with van der Waals surface area (Å²) >= 11 is 0. The Morgan fingerprint density at radius 2 is 1.75 bits per heavy atom. The first-order chi connectivity index (χ1) is 13.1. The lowest BCUT2D eigenvalue weighted by Crippen LogP contribution is -2.38. The van der Waals surface area contributed by atoms with Crippen LogP contribution in [0.5, 0.6) is 5.75 Å². The summed E-state index contributed by atoms with van der Waals surface area (Å²) in [4.78, 5) is 7.18. The van der Waals surface area contributed by atoms with Gasteiger partial charge in [0.1, 0.15) is 5.75 Å². The van der Waals surface area contributed by atoms with E-state index in [1.807, 2.05) is 12.1 Å². The molecule has 5 nitrogen and oxygen atoms in total. The summed E-state index contributed by atoms with van der Waals surface area (Å²) in [5.41, 5.74) is 1.34. The molecule has 0 saturated carbocycles. The van der Waals surface area contributed by atoms with E-state index < -0.39 is 0 Å². The minimum absolute atomic E-state index is 0. The van der Waals surface area contributed by atoms with Crippen LogP contribution in [0.25, 0.3) is 0 Å². The monoisotopic (exact) mass is 504 g/mol. The van der Waals surface area contributed by atoms with Crippen molar-refractivity contribution in [3.63, 3.8) is 0 Å². The van der Waals surface area contributed by atoms with Gasteiger partial charge in [-0.1, -0.05) is 32.9 Å². The number of hydrogen-bond donors (Lipinski definition) is 2. The number of nitrogens with one attached hydrogen (secondary N) is 2. The van der Waals surface area contributed by atoms with Gasteiger partial charge in [0.2, 0.25) is 0 Å². The average Bonchev–Trinajstić information content (AvgIpc) is 2.70. The van der Waals surface area contributed by atoms with Gasteiger partial charge in [-0.25, -0.2) is 0 Å². The minimum Gasteiger partial charge on any atom is -0.497 e. The van der Waals surface area contributed by atoms with E-state index in [-0.39, 0.29) is 24.0 Å². The zero-order valence-corrected chi connectivity index (χ0v) is 20.8. The van der Waals surface area contributed by atoms with Crippen LogP contribution in [0.1, 0.15) is 58.4 Å². The first kappa shape index (κ1) is 27.0. The molecule has 162 valence electrons. The number of unbranched alkanes of at least 4 members (excludes halogenated alkanes) is 1. The highest BCUT2D eigenvalue weighted by Gasteiger charge is 2.06. The van der Waals surface area contributed by atoms with Gasteiger partial charge in [0.15, 0.2) is 5.96 Å². The summed E-state index contributed by atoms with van der Waals surface area (Å²) in [6, 6.07) is 8.36. The molecule has 0 radical (unpaired) electrons. The minimum atomic E-state index is 0. The molecule has 1 aromatic rings. The van der Waals surface area contributed by atoms with E-state index >= 15 is 0 Å². The van der Waals surface area contributed by atoms with Gasteiger partial charge in [-0.2, -0.15) is 0 Å². The summed E-state index contributed by atoms with van der Waals surface area (Å²) in [6.45, 7) is 14.9. The smallest absolute Gasteiger partial charge is 0.191 e. The number of ether oxygens (including phenoxy) is 1. The predicted molar refractivity (Wildman–Crippen MR) is 132 cm³/mol. The molecule has 28 heavy (non-hydrogen) atoms. The van der Waals surface area contributed by atoms with Crippen LogP contribution in [0.15, 0.2) is 29.3 Å². The Bertz CT molecular complexity index is 518. The summed E-state index contributed by atoms with van der Waals surface area (Å²) in [7, 11) is 1.70. The fraction of sp³-hybridized carbons (Fsp3) is 0.682. The fourth-order valence-corrected chi connectivity index (χ4v) is 3.03. The summed E-state index contributed by atoms with van der Waals surface area (Å²) in [6.07, 6.45) is 3.41. The molecule has 1 rings (SSSR count). The molecule has 0 saturated heterocycles. The van der Waals surface area contributed by atoms with Crippen LogP contribution in [0.2, 0.25) is 0 Å². The third-order valence-electron chi connectivity index (χ3n) is 4.95. The lowest BCUT2D eigenvalue weighted by Gasteiger charge is -2.17. The molecule has 0 spiro atoms. The molecule has 2 N–H and O–H groups in total. The second-order valence-electron chi connectivity index (χ2n) is 6.88. The third-order valence-corrected chi connectivity index (χ3v) is 4.95. The highest BCUT2D eigenvalue weighted by Crippen LogP contribution is 2.21. The average molecular weight is 505 g/mol. The van der Waals surface area contributed by atoms with Gasteiger partial charge in [0.25, 0.3) is 0 Å². The standard InChI is InChI=1S/C22H40N4O.HI/c1-6-23-22(24-16-9-10-18-26(7-2)8-3)25-17-15-19(4)20-11-13-21(27-5)14-12-20;/h11-14,19H,6-10,15-18H2,1-5H3,(H2,23,24,25);1H. The normalized spacial score (nSPS) is 12.4. The van der Waals surface area contributed by atoms with Crippen molar-refractivity contribution in [3.8, 4) is 5.75 Å². The molecular formula is C22H41IN4O. The molecule has 6 heteroatoms. The summed E-state index contributed by atoms with van der Waals surface area (Å²) < 4.78 is 5.23. The Hall–Kier alpha value is -1.02. The van der Waals surface area contributed by atoms with E-state index in [9.17, 15) is 0 Å². The van der Waals surface area contributed by atoms with Gasteiger partial charge in [-0.15, -0.1) is 24.0 Å². The molecule has 1 atom stereocenters. The maximum atomic E-state index is 5.23. The molecule has 0 amide bonds. The van der Waals surface area contributed by atoms with Crippen LogP contribution in [0, 0.1) is 0 Å². The second-order valence-corrected chi connectivity index (χ2v) is 6.88. The Kier molecular flexibility index (Phi) is 16.3. The van der Waals surface area contributed by atoms with Crippen LogP contribution in [0.3, 0.4) is 0 Å². The third kappa shape index (κ3) is 11.1. The van der Waals surface area contributed by atoms with Crippen molar-refractivity contribution in [2.45, 2.75) is 52.9 Å². The van der Waals surface area contributed by atoms with Gasteiger partial charge in [-0.05, 0) is 69.4 Å². The first-order valence-corrected chi connectivity index (χ1v) is 10.5. The number of guanidine groups is 1. The molecule has 0 bridgehead atoms. The zero-order valence-electron chi connectivity index (χ0n) is 18.5. The number of aliphatic imine (C=N–C) groups is 1. The van der Waals surface area contributed by atoms with Crippen LogP contribution < -0.4 is 15.4 Å². The predicted octanol–water partition coefficient (Wildman–Crippen LogP) is 4.48. The summed E-state index contributed by atoms with van der Waals surface area (Å²) in [5.74, 6) is 2.34. The van der Waals surface area contributed by atoms with Crippen molar-refractivity contribution < 1.29 is 4.74 Å². The molecule has 0 aliphatic rings. The van der Waals surface area contributed by atoms with Gasteiger partial charge in [-0.3, -0.25) is 4.99 Å². The number of nitrogens with zero attached hydrogens (tertiary/aromatic N) is 2. The molecule has 0 aromatic heterocycles. The lowest BCUT2D eigenvalue weighted by molar-refractivity contribution is 0.297. The van der Waals surface area contributed by atoms with Crippen LogP contribution in [-0.4, -0.2) is 57.2 Å². The van der Waals surface area contributed by atoms with E-state index in [1.54, 1.807) is 7.11 Å². The maximum absolute atomic E-state index is 5.23. The lowest BCUT2D eigenvalue weighted by atomic mass is 9.98. The Morgan fingerprint density at radius 3 is 2.32 bits per heavy atom. The number of rotatable bonds is 13. The molecule has 0 aliphatic carbocycles. The van der Waals surface area contributed by atoms with E-state index in [1.165, 1.54) is 18.5 Å². The van der Waals surface area contributed by atoms with E-state index in [2.05, 4.69) is 55.4 Å². The molecule has 0 aliphatic heterocycles. The first-order valence-electron chi connectivity index (χ1n) is 10.5. The van der Waals surface area contributed by atoms with E-state index in [0.717, 1.165) is 57.3 Å². The van der Waals surface area contributed by atoms with Gasteiger partial charge in [0.05, 0.1) is 7.11 Å². The molecule has 0 heterocycles. The van der Waals surface area contributed by atoms with Crippen molar-refractivity contribution in [1.29, 1.82) is 0 Å².